The number of hydrogen-bond donors (Lipinski definition) is 3. The van der Waals surface area contributed by atoms with Crippen molar-refractivity contribution in [3.63, 3.8) is 0 Å². The molecule has 0 aromatic carbocycles. The molecule has 0 aliphatic rings. The third-order valence-electron chi connectivity index (χ3n) is 10.4. The van der Waals surface area contributed by atoms with Crippen LogP contribution in [0.25, 0.3) is 0 Å². The standard InChI is InChI=1S/C48H89NO5/c1-3-5-7-9-11-13-15-17-22-26-30-34-38-42-48(53)54-43-39-35-31-27-23-19-16-18-21-25-29-33-37-41-47(52)49-45(44-50)46(51)40-36-32-28-24-20-14-12-10-8-6-4-2/h18,21,29,33,36,40,45-46,50-51H,3-17,19-20,22-28,30-32,34-35,37-39,41-44H2,1-2H3,(H,49,52)/b21-18-,33-29-,40-36+. The number of esters is 1. The molecule has 3 N–H and O–H groups in total. The van der Waals surface area contributed by atoms with Gasteiger partial charge < -0.3 is 20.3 Å². The quantitative estimate of drug-likeness (QED) is 0.0327. The van der Waals surface area contributed by atoms with Crippen LogP contribution < -0.4 is 5.32 Å². The molecule has 1 amide bonds. The van der Waals surface area contributed by atoms with Crippen molar-refractivity contribution in [2.45, 2.75) is 244 Å². The van der Waals surface area contributed by atoms with E-state index in [0.29, 0.717) is 25.9 Å². The molecule has 6 heteroatoms. The number of carbonyl (C=O) groups is 2. The third kappa shape index (κ3) is 39.8. The molecule has 0 aliphatic heterocycles. The van der Waals surface area contributed by atoms with E-state index in [0.717, 1.165) is 51.4 Å². The first-order valence-electron chi connectivity index (χ1n) is 23.3. The van der Waals surface area contributed by atoms with Gasteiger partial charge in [0.1, 0.15) is 0 Å². The van der Waals surface area contributed by atoms with Crippen molar-refractivity contribution in [2.24, 2.45) is 0 Å². The Morgan fingerprint density at radius 2 is 0.944 bits per heavy atom. The number of ether oxygens (including phenoxy) is 1. The van der Waals surface area contributed by atoms with E-state index in [2.05, 4.69) is 37.4 Å². The van der Waals surface area contributed by atoms with Crippen molar-refractivity contribution in [1.82, 2.24) is 5.32 Å². The Kier molecular flexibility index (Phi) is 42.2. The van der Waals surface area contributed by atoms with Gasteiger partial charge >= 0.3 is 5.97 Å². The summed E-state index contributed by atoms with van der Waals surface area (Å²) in [5, 5.41) is 22.8. The van der Waals surface area contributed by atoms with Crippen LogP contribution in [0, 0.1) is 0 Å². The van der Waals surface area contributed by atoms with Crippen molar-refractivity contribution in [3.8, 4) is 0 Å². The second kappa shape index (κ2) is 43.8. The maximum absolute atomic E-state index is 12.3. The monoisotopic (exact) mass is 760 g/mol. The molecule has 0 fully saturated rings. The predicted molar refractivity (Wildman–Crippen MR) is 232 cm³/mol. The summed E-state index contributed by atoms with van der Waals surface area (Å²) in [6.45, 7) is 4.81. The van der Waals surface area contributed by atoms with Crippen LogP contribution >= 0.6 is 0 Å². The van der Waals surface area contributed by atoms with E-state index in [1.807, 2.05) is 12.2 Å². The number of hydrogen-bond acceptors (Lipinski definition) is 5. The van der Waals surface area contributed by atoms with Gasteiger partial charge in [0, 0.05) is 12.8 Å². The largest absolute Gasteiger partial charge is 0.466 e. The van der Waals surface area contributed by atoms with Crippen LogP contribution in [0.15, 0.2) is 36.5 Å². The second-order valence-corrected chi connectivity index (χ2v) is 15.7. The summed E-state index contributed by atoms with van der Waals surface area (Å²) >= 11 is 0. The number of unbranched alkanes of at least 4 members (excludes halogenated alkanes) is 27. The van der Waals surface area contributed by atoms with Crippen LogP contribution in [-0.4, -0.2) is 47.4 Å². The number of amides is 1. The van der Waals surface area contributed by atoms with Gasteiger partial charge in [0.15, 0.2) is 0 Å². The zero-order valence-corrected chi connectivity index (χ0v) is 35.7. The van der Waals surface area contributed by atoms with Gasteiger partial charge in [0.2, 0.25) is 5.91 Å². The highest BCUT2D eigenvalue weighted by Gasteiger charge is 2.17. The van der Waals surface area contributed by atoms with Crippen LogP contribution in [0.4, 0.5) is 0 Å². The van der Waals surface area contributed by atoms with Gasteiger partial charge in [-0.25, -0.2) is 0 Å². The van der Waals surface area contributed by atoms with Crippen LogP contribution in [-0.2, 0) is 14.3 Å². The Labute approximate surface area is 334 Å². The topological polar surface area (TPSA) is 95.9 Å². The molecule has 0 bridgehead atoms. The molecule has 54 heavy (non-hydrogen) atoms. The zero-order valence-electron chi connectivity index (χ0n) is 35.7. The van der Waals surface area contributed by atoms with E-state index in [1.54, 1.807) is 6.08 Å². The molecule has 0 rings (SSSR count). The number of allylic oxidation sites excluding steroid dienone is 5. The van der Waals surface area contributed by atoms with Crippen LogP contribution in [0.2, 0.25) is 0 Å². The number of nitrogens with one attached hydrogen (secondary N) is 1. The molecule has 0 aromatic rings. The highest BCUT2D eigenvalue weighted by Crippen LogP contribution is 2.14. The molecular formula is C48H89NO5. The van der Waals surface area contributed by atoms with Crippen LogP contribution in [0.5, 0.6) is 0 Å². The van der Waals surface area contributed by atoms with Gasteiger partial charge in [-0.1, -0.05) is 204 Å². The molecule has 0 saturated carbocycles. The SMILES string of the molecule is CCCCCCCCCCC/C=C/C(O)C(CO)NC(=O)CC/C=C\C/C=C\CCCCCCCCOC(=O)CCCCCCCCCCCCCCC. The lowest BCUT2D eigenvalue weighted by Crippen LogP contribution is -2.45. The van der Waals surface area contributed by atoms with Crippen LogP contribution in [0.3, 0.4) is 0 Å². The van der Waals surface area contributed by atoms with Crippen LogP contribution in [0.1, 0.15) is 232 Å². The number of carbonyl (C=O) groups excluding carboxylic acids is 2. The van der Waals surface area contributed by atoms with Gasteiger partial charge in [-0.2, -0.15) is 0 Å². The molecule has 2 atom stereocenters. The molecule has 316 valence electrons. The Hall–Kier alpha value is -1.92. The maximum atomic E-state index is 12.3. The van der Waals surface area contributed by atoms with E-state index in [4.69, 9.17) is 4.74 Å². The number of aliphatic hydroxyl groups is 2. The molecule has 0 heterocycles. The Morgan fingerprint density at radius 3 is 1.44 bits per heavy atom. The van der Waals surface area contributed by atoms with Gasteiger partial charge in [-0.3, -0.25) is 9.59 Å². The van der Waals surface area contributed by atoms with Crippen molar-refractivity contribution in [2.75, 3.05) is 13.2 Å². The Bertz CT molecular complexity index is 884. The molecule has 0 radical (unpaired) electrons. The lowest BCUT2D eigenvalue weighted by molar-refractivity contribution is -0.143. The van der Waals surface area contributed by atoms with E-state index < -0.39 is 12.1 Å². The molecule has 0 spiro atoms. The molecular weight excluding hydrogens is 671 g/mol. The van der Waals surface area contributed by atoms with E-state index in [9.17, 15) is 19.8 Å². The zero-order chi connectivity index (χ0) is 39.4. The first kappa shape index (κ1) is 52.1. The van der Waals surface area contributed by atoms with E-state index in [-0.39, 0.29) is 18.5 Å². The summed E-state index contributed by atoms with van der Waals surface area (Å²) in [4.78, 5) is 24.3. The molecule has 0 aliphatic carbocycles. The fraction of sp³-hybridized carbons (Fsp3) is 0.833. The fourth-order valence-corrected chi connectivity index (χ4v) is 6.80. The smallest absolute Gasteiger partial charge is 0.305 e. The maximum Gasteiger partial charge on any atom is 0.305 e. The Balaban J connectivity index is 3.58. The van der Waals surface area contributed by atoms with Crippen molar-refractivity contribution < 1.29 is 24.5 Å². The van der Waals surface area contributed by atoms with E-state index in [1.165, 1.54) is 148 Å². The fourth-order valence-electron chi connectivity index (χ4n) is 6.80. The highest BCUT2D eigenvalue weighted by atomic mass is 16.5. The van der Waals surface area contributed by atoms with Crippen molar-refractivity contribution in [1.29, 1.82) is 0 Å². The Morgan fingerprint density at radius 1 is 0.519 bits per heavy atom. The summed E-state index contributed by atoms with van der Waals surface area (Å²) in [5.74, 6) is -0.169. The van der Waals surface area contributed by atoms with E-state index >= 15 is 0 Å². The summed E-state index contributed by atoms with van der Waals surface area (Å²) in [7, 11) is 0. The normalized spacial score (nSPS) is 13.0. The van der Waals surface area contributed by atoms with Crippen molar-refractivity contribution >= 4 is 11.9 Å². The highest BCUT2D eigenvalue weighted by molar-refractivity contribution is 5.76. The number of rotatable bonds is 42. The molecule has 0 saturated heterocycles. The summed E-state index contributed by atoms with van der Waals surface area (Å²) < 4.78 is 5.44. The lowest BCUT2D eigenvalue weighted by atomic mass is 10.0. The summed E-state index contributed by atoms with van der Waals surface area (Å²) in [6.07, 6.45) is 51.4. The second-order valence-electron chi connectivity index (χ2n) is 15.7. The first-order valence-corrected chi connectivity index (χ1v) is 23.3. The molecule has 2 unspecified atom stereocenters. The minimum Gasteiger partial charge on any atom is -0.466 e. The van der Waals surface area contributed by atoms with Gasteiger partial charge in [0.05, 0.1) is 25.4 Å². The predicted octanol–water partition coefficient (Wildman–Crippen LogP) is 13.3. The molecule has 6 nitrogen and oxygen atoms in total. The van der Waals surface area contributed by atoms with Gasteiger partial charge in [-0.15, -0.1) is 0 Å². The average Bonchev–Trinajstić information content (AvgIpc) is 3.17. The minimum absolute atomic E-state index is 0.0182. The van der Waals surface area contributed by atoms with Gasteiger partial charge in [-0.05, 0) is 51.4 Å². The summed E-state index contributed by atoms with van der Waals surface area (Å²) in [6, 6.07) is -0.669. The van der Waals surface area contributed by atoms with Gasteiger partial charge in [0.25, 0.3) is 0 Å². The minimum atomic E-state index is -0.877. The lowest BCUT2D eigenvalue weighted by Gasteiger charge is -2.19. The van der Waals surface area contributed by atoms with Crippen molar-refractivity contribution in [3.05, 3.63) is 36.5 Å². The summed E-state index contributed by atoms with van der Waals surface area (Å²) in [5.41, 5.74) is 0. The third-order valence-corrected chi connectivity index (χ3v) is 10.4. The average molecular weight is 760 g/mol. The number of aliphatic hydroxyl groups excluding tert-OH is 2. The molecule has 0 aromatic heterocycles. The first-order chi connectivity index (χ1) is 26.5.